The molecule has 11 heavy (non-hydrogen) atoms. The summed E-state index contributed by atoms with van der Waals surface area (Å²) < 4.78 is 4.58. The third-order valence-corrected chi connectivity index (χ3v) is 2.33. The van der Waals surface area contributed by atoms with Gasteiger partial charge in [-0.15, -0.1) is 0 Å². The third-order valence-electron chi connectivity index (χ3n) is 2.33. The number of hydrogen-bond donors (Lipinski definition) is 1. The zero-order chi connectivity index (χ0) is 8.27. The molecule has 0 aromatic heterocycles. The summed E-state index contributed by atoms with van der Waals surface area (Å²) >= 11 is 0. The molecule has 0 bridgehead atoms. The topological polar surface area (TPSA) is 38.3 Å². The van der Waals surface area contributed by atoms with Gasteiger partial charge < -0.3 is 10.1 Å². The zero-order valence-electron chi connectivity index (χ0n) is 7.09. The maximum Gasteiger partial charge on any atom is 0.305 e. The molecular formula is C8H15NO2. The van der Waals surface area contributed by atoms with Crippen LogP contribution in [0.2, 0.25) is 0 Å². The van der Waals surface area contributed by atoms with Crippen molar-refractivity contribution in [1.82, 2.24) is 5.32 Å². The highest BCUT2D eigenvalue weighted by Crippen LogP contribution is 2.19. The van der Waals surface area contributed by atoms with Crippen LogP contribution in [0.25, 0.3) is 0 Å². The number of carbonyl (C=O) groups is 1. The van der Waals surface area contributed by atoms with Crippen LogP contribution >= 0.6 is 0 Å². The Morgan fingerprint density at radius 2 is 2.36 bits per heavy atom. The van der Waals surface area contributed by atoms with Crippen LogP contribution < -0.4 is 5.32 Å². The predicted octanol–water partition coefficient (Wildman–Crippen LogP) is 0.405. The quantitative estimate of drug-likeness (QED) is 0.603. The number of ether oxygens (including phenoxy) is 1. The molecule has 0 spiro atoms. The molecular weight excluding hydrogens is 142 g/mol. The average Bonchev–Trinajstić information content (AvgIpc) is 1.83. The number of nitrogens with one attached hydrogen (secondary N) is 1. The van der Waals surface area contributed by atoms with Crippen LogP contribution in [0.15, 0.2) is 0 Å². The van der Waals surface area contributed by atoms with E-state index in [0.29, 0.717) is 18.3 Å². The van der Waals surface area contributed by atoms with Gasteiger partial charge in [0.1, 0.15) is 0 Å². The molecule has 1 aliphatic heterocycles. The minimum atomic E-state index is -0.0931. The molecule has 1 rings (SSSR count). The lowest BCUT2D eigenvalue weighted by Crippen LogP contribution is -2.45. The van der Waals surface area contributed by atoms with Gasteiger partial charge in [0.05, 0.1) is 7.11 Å². The first kappa shape index (κ1) is 8.53. The number of esters is 1. The van der Waals surface area contributed by atoms with Gasteiger partial charge in [-0.2, -0.15) is 0 Å². The summed E-state index contributed by atoms with van der Waals surface area (Å²) in [6, 6.07) is 0. The fourth-order valence-corrected chi connectivity index (χ4v) is 1.23. The summed E-state index contributed by atoms with van der Waals surface area (Å²) in [6.45, 7) is 4.21. The molecule has 0 aromatic carbocycles. The second kappa shape index (κ2) is 3.72. The minimum absolute atomic E-state index is 0.0931. The smallest absolute Gasteiger partial charge is 0.305 e. The minimum Gasteiger partial charge on any atom is -0.469 e. The number of methoxy groups -OCH3 is 1. The van der Waals surface area contributed by atoms with E-state index in [1.165, 1.54) is 7.11 Å². The first-order valence-corrected chi connectivity index (χ1v) is 4.01. The maximum atomic E-state index is 10.8. The molecule has 0 aromatic rings. The van der Waals surface area contributed by atoms with Gasteiger partial charge in [-0.1, -0.05) is 6.92 Å². The van der Waals surface area contributed by atoms with Gasteiger partial charge >= 0.3 is 5.97 Å². The fraction of sp³-hybridized carbons (Fsp3) is 0.875. The molecule has 0 saturated carbocycles. The van der Waals surface area contributed by atoms with Crippen molar-refractivity contribution in [3.05, 3.63) is 0 Å². The van der Waals surface area contributed by atoms with Crippen molar-refractivity contribution < 1.29 is 9.53 Å². The fourth-order valence-electron chi connectivity index (χ4n) is 1.23. The zero-order valence-corrected chi connectivity index (χ0v) is 7.09. The van der Waals surface area contributed by atoms with E-state index < -0.39 is 0 Å². The van der Waals surface area contributed by atoms with Gasteiger partial charge in [0, 0.05) is 6.42 Å². The van der Waals surface area contributed by atoms with E-state index in [0.717, 1.165) is 13.1 Å². The van der Waals surface area contributed by atoms with Crippen LogP contribution in [0.5, 0.6) is 0 Å². The van der Waals surface area contributed by atoms with Crippen molar-refractivity contribution in [2.24, 2.45) is 11.8 Å². The Morgan fingerprint density at radius 3 is 2.73 bits per heavy atom. The van der Waals surface area contributed by atoms with Gasteiger partial charge in [-0.3, -0.25) is 4.79 Å². The lowest BCUT2D eigenvalue weighted by molar-refractivity contribution is -0.142. The Bertz CT molecular complexity index is 143. The summed E-state index contributed by atoms with van der Waals surface area (Å²) in [5, 5.41) is 3.18. The van der Waals surface area contributed by atoms with E-state index in [4.69, 9.17) is 0 Å². The van der Waals surface area contributed by atoms with Gasteiger partial charge in [0.25, 0.3) is 0 Å². The van der Waals surface area contributed by atoms with E-state index in [1.54, 1.807) is 0 Å². The van der Waals surface area contributed by atoms with Crippen LogP contribution in [-0.2, 0) is 9.53 Å². The Hall–Kier alpha value is -0.570. The highest BCUT2D eigenvalue weighted by atomic mass is 16.5. The van der Waals surface area contributed by atoms with Crippen LogP contribution in [0.3, 0.4) is 0 Å². The molecule has 3 heteroatoms. The van der Waals surface area contributed by atoms with Crippen molar-refractivity contribution in [2.45, 2.75) is 13.3 Å². The molecule has 64 valence electrons. The average molecular weight is 157 g/mol. The Balaban J connectivity index is 2.19. The van der Waals surface area contributed by atoms with E-state index in [9.17, 15) is 4.79 Å². The third kappa shape index (κ3) is 2.19. The van der Waals surface area contributed by atoms with Crippen molar-refractivity contribution in [2.75, 3.05) is 20.2 Å². The molecule has 1 aliphatic rings. The van der Waals surface area contributed by atoms with Gasteiger partial charge in [0.2, 0.25) is 0 Å². The highest BCUT2D eigenvalue weighted by Gasteiger charge is 2.25. The van der Waals surface area contributed by atoms with E-state index in [-0.39, 0.29) is 5.97 Å². The first-order valence-electron chi connectivity index (χ1n) is 4.01. The highest BCUT2D eigenvalue weighted by molar-refractivity contribution is 5.69. The Morgan fingerprint density at radius 1 is 1.73 bits per heavy atom. The maximum absolute atomic E-state index is 10.8. The molecule has 1 fully saturated rings. The predicted molar refractivity (Wildman–Crippen MR) is 42.2 cm³/mol. The largest absolute Gasteiger partial charge is 0.469 e. The van der Waals surface area contributed by atoms with E-state index >= 15 is 0 Å². The van der Waals surface area contributed by atoms with E-state index in [1.807, 2.05) is 0 Å². The second-order valence-electron chi connectivity index (χ2n) is 3.18. The standard InChI is InChI=1S/C8H15NO2/c1-6(3-8(10)11-2)7-4-9-5-7/h6-7,9H,3-5H2,1-2H3. The first-order chi connectivity index (χ1) is 5.24. The van der Waals surface area contributed by atoms with Crippen LogP contribution in [0, 0.1) is 11.8 Å². The van der Waals surface area contributed by atoms with Gasteiger partial charge in [0.15, 0.2) is 0 Å². The van der Waals surface area contributed by atoms with Gasteiger partial charge in [-0.25, -0.2) is 0 Å². The molecule has 1 atom stereocenters. The Labute approximate surface area is 67.1 Å². The van der Waals surface area contributed by atoms with Crippen molar-refractivity contribution >= 4 is 5.97 Å². The molecule has 0 radical (unpaired) electrons. The molecule has 0 aliphatic carbocycles. The lowest BCUT2D eigenvalue weighted by Gasteiger charge is -2.31. The van der Waals surface area contributed by atoms with Crippen LogP contribution in [0.1, 0.15) is 13.3 Å². The summed E-state index contributed by atoms with van der Waals surface area (Å²) in [7, 11) is 1.44. The number of rotatable bonds is 3. The number of carbonyl (C=O) groups excluding carboxylic acids is 1. The van der Waals surface area contributed by atoms with Crippen molar-refractivity contribution in [3.63, 3.8) is 0 Å². The molecule has 1 saturated heterocycles. The van der Waals surface area contributed by atoms with Crippen molar-refractivity contribution in [1.29, 1.82) is 0 Å². The second-order valence-corrected chi connectivity index (χ2v) is 3.18. The molecule has 1 N–H and O–H groups in total. The van der Waals surface area contributed by atoms with Crippen molar-refractivity contribution in [3.8, 4) is 0 Å². The normalized spacial score (nSPS) is 20.5. The summed E-state index contributed by atoms with van der Waals surface area (Å²) in [5.74, 6) is 1.04. The number of hydrogen-bond acceptors (Lipinski definition) is 3. The van der Waals surface area contributed by atoms with E-state index in [2.05, 4.69) is 17.0 Å². The molecule has 1 heterocycles. The summed E-state index contributed by atoms with van der Waals surface area (Å²) in [5.41, 5.74) is 0. The monoisotopic (exact) mass is 157 g/mol. The lowest BCUT2D eigenvalue weighted by atomic mass is 9.87. The van der Waals surface area contributed by atoms with Crippen LogP contribution in [-0.4, -0.2) is 26.2 Å². The SMILES string of the molecule is COC(=O)CC(C)C1CNC1. The van der Waals surface area contributed by atoms with Gasteiger partial charge in [-0.05, 0) is 24.9 Å². The summed E-state index contributed by atoms with van der Waals surface area (Å²) in [6.07, 6.45) is 0.558. The molecule has 1 unspecified atom stereocenters. The Kier molecular flexibility index (Phi) is 2.88. The van der Waals surface area contributed by atoms with Crippen LogP contribution in [0.4, 0.5) is 0 Å². The molecule has 3 nitrogen and oxygen atoms in total. The molecule has 0 amide bonds. The summed E-state index contributed by atoms with van der Waals surface area (Å²) in [4.78, 5) is 10.8.